The molecule has 3 heterocycles. The standard InChI is InChI=1S/C52H35NS2Si/c1-56(2)47-20-8-7-16-40(47)41-28-26-36(31-48(41)56)53(35-24-21-34(22-25-35)38-17-9-13-32-11-3-5-14-37(32)38)43-18-10-19-44-50(43)51-46(54-44)30-29-45-49(51)42-27-23-33-12-4-6-15-39(33)52(42)55-45/h3-31H,1-2H3. The fourth-order valence-corrected chi connectivity index (χ4v) is 15.1. The first-order chi connectivity index (χ1) is 27.5. The van der Waals surface area contributed by atoms with Crippen LogP contribution in [0.4, 0.5) is 17.1 Å². The number of anilines is 3. The van der Waals surface area contributed by atoms with Gasteiger partial charge in [-0.15, -0.1) is 22.7 Å². The van der Waals surface area contributed by atoms with Crippen LogP contribution in [0.5, 0.6) is 0 Å². The zero-order valence-corrected chi connectivity index (χ0v) is 33.6. The van der Waals surface area contributed by atoms with Gasteiger partial charge in [-0.05, 0) is 103 Å². The van der Waals surface area contributed by atoms with Gasteiger partial charge < -0.3 is 4.90 Å². The molecule has 1 nitrogen and oxygen atoms in total. The van der Waals surface area contributed by atoms with Crippen molar-refractivity contribution in [2.75, 3.05) is 4.90 Å². The van der Waals surface area contributed by atoms with Crippen molar-refractivity contribution in [1.29, 1.82) is 0 Å². The summed E-state index contributed by atoms with van der Waals surface area (Å²) in [5, 5.41) is 13.6. The van der Waals surface area contributed by atoms with Gasteiger partial charge in [0.05, 0.1) is 5.69 Å². The van der Waals surface area contributed by atoms with Gasteiger partial charge in [0.15, 0.2) is 0 Å². The topological polar surface area (TPSA) is 3.24 Å². The van der Waals surface area contributed by atoms with Crippen molar-refractivity contribution < 1.29 is 0 Å². The van der Waals surface area contributed by atoms with Crippen LogP contribution in [0.15, 0.2) is 176 Å². The summed E-state index contributed by atoms with van der Waals surface area (Å²) in [6.07, 6.45) is 0. The summed E-state index contributed by atoms with van der Waals surface area (Å²) in [7, 11) is -1.93. The highest BCUT2D eigenvalue weighted by atomic mass is 32.1. The van der Waals surface area contributed by atoms with Crippen molar-refractivity contribution in [3.63, 3.8) is 0 Å². The maximum Gasteiger partial charge on any atom is 0.113 e. The molecule has 0 bridgehead atoms. The lowest BCUT2D eigenvalue weighted by Crippen LogP contribution is -2.49. The molecule has 0 atom stereocenters. The number of fused-ring (bicyclic) bond motifs is 13. The van der Waals surface area contributed by atoms with Crippen LogP contribution in [0.2, 0.25) is 13.1 Å². The molecule has 0 saturated heterocycles. The minimum atomic E-state index is -1.93. The molecule has 1 aliphatic heterocycles. The zero-order chi connectivity index (χ0) is 37.1. The molecule has 264 valence electrons. The number of hydrogen-bond donors (Lipinski definition) is 0. The van der Waals surface area contributed by atoms with E-state index in [9.17, 15) is 0 Å². The fourth-order valence-electron chi connectivity index (χ4n) is 9.60. The summed E-state index contributed by atoms with van der Waals surface area (Å²) in [5.41, 5.74) is 8.86. The van der Waals surface area contributed by atoms with Crippen LogP contribution in [0.1, 0.15) is 0 Å². The van der Waals surface area contributed by atoms with Gasteiger partial charge in [0.25, 0.3) is 0 Å². The van der Waals surface area contributed by atoms with Crippen LogP contribution in [0, 0.1) is 0 Å². The van der Waals surface area contributed by atoms with Crippen LogP contribution in [-0.2, 0) is 0 Å². The molecular formula is C52H35NS2Si. The monoisotopic (exact) mass is 765 g/mol. The fraction of sp³-hybridized carbons (Fsp3) is 0.0385. The molecule has 0 saturated carbocycles. The Balaban J connectivity index is 1.13. The van der Waals surface area contributed by atoms with E-state index in [2.05, 4.69) is 194 Å². The third kappa shape index (κ3) is 4.58. The maximum absolute atomic E-state index is 2.54. The Bertz CT molecular complexity index is 3400. The smallest absolute Gasteiger partial charge is 0.113 e. The van der Waals surface area contributed by atoms with E-state index in [0.717, 1.165) is 5.69 Å². The second-order valence-electron chi connectivity index (χ2n) is 15.6. The molecule has 0 spiro atoms. The van der Waals surface area contributed by atoms with Crippen LogP contribution in [-0.4, -0.2) is 8.07 Å². The summed E-state index contributed by atoms with van der Waals surface area (Å²) in [4.78, 5) is 2.54. The first kappa shape index (κ1) is 32.2. The van der Waals surface area contributed by atoms with Gasteiger partial charge in [0.2, 0.25) is 0 Å². The Morgan fingerprint density at radius 2 is 1.05 bits per heavy atom. The minimum absolute atomic E-state index is 1.16. The lowest BCUT2D eigenvalue weighted by atomic mass is 9.97. The molecule has 4 heteroatoms. The zero-order valence-electron chi connectivity index (χ0n) is 31.0. The van der Waals surface area contributed by atoms with Crippen molar-refractivity contribution in [1.82, 2.24) is 0 Å². The molecular weight excluding hydrogens is 731 g/mol. The third-order valence-electron chi connectivity index (χ3n) is 12.3. The highest BCUT2D eigenvalue weighted by molar-refractivity contribution is 7.28. The predicted octanol–water partition coefficient (Wildman–Crippen LogP) is 14.7. The second kappa shape index (κ2) is 12.0. The maximum atomic E-state index is 2.54. The molecule has 0 amide bonds. The predicted molar refractivity (Wildman–Crippen MR) is 250 cm³/mol. The number of rotatable bonds is 4. The van der Waals surface area contributed by atoms with Crippen LogP contribution in [0.25, 0.3) is 84.1 Å². The largest absolute Gasteiger partial charge is 0.310 e. The van der Waals surface area contributed by atoms with E-state index in [-0.39, 0.29) is 0 Å². The summed E-state index contributed by atoms with van der Waals surface area (Å²) in [5.74, 6) is 0. The van der Waals surface area contributed by atoms with Crippen molar-refractivity contribution in [2.45, 2.75) is 13.1 Å². The van der Waals surface area contributed by atoms with Crippen molar-refractivity contribution in [3.05, 3.63) is 176 Å². The number of thiophene rings is 2. The SMILES string of the molecule is C[Si]1(C)c2ccccc2-c2ccc(N(c3ccc(-c4cccc5ccccc45)cc3)c3cccc4sc5ccc6sc7c8ccccc8ccc7c6c5c34)cc21. The van der Waals surface area contributed by atoms with Crippen molar-refractivity contribution in [3.8, 4) is 22.3 Å². The number of benzene rings is 9. The Kier molecular flexibility index (Phi) is 6.89. The first-order valence-corrected chi connectivity index (χ1v) is 24.0. The molecule has 12 rings (SSSR count). The second-order valence-corrected chi connectivity index (χ2v) is 22.1. The van der Waals surface area contributed by atoms with Gasteiger partial charge in [-0.2, -0.15) is 0 Å². The third-order valence-corrected chi connectivity index (χ3v) is 18.1. The number of hydrogen-bond acceptors (Lipinski definition) is 3. The number of nitrogens with zero attached hydrogens (tertiary/aromatic N) is 1. The molecule has 9 aromatic carbocycles. The van der Waals surface area contributed by atoms with Crippen LogP contribution in [0.3, 0.4) is 0 Å². The summed E-state index contributed by atoms with van der Waals surface area (Å²) >= 11 is 3.84. The Labute approximate surface area is 334 Å². The van der Waals surface area contributed by atoms with Crippen LogP contribution < -0.4 is 15.3 Å². The Hall–Kier alpha value is -6.04. The van der Waals surface area contributed by atoms with E-state index in [4.69, 9.17) is 0 Å². The molecule has 0 fully saturated rings. The average Bonchev–Trinajstić information content (AvgIpc) is 3.89. The van der Waals surface area contributed by atoms with E-state index in [1.807, 2.05) is 22.7 Å². The summed E-state index contributed by atoms with van der Waals surface area (Å²) < 4.78 is 5.35. The van der Waals surface area contributed by atoms with Gasteiger partial charge in [0, 0.05) is 51.7 Å². The van der Waals surface area contributed by atoms with Gasteiger partial charge in [-0.3, -0.25) is 0 Å². The molecule has 56 heavy (non-hydrogen) atoms. The van der Waals surface area contributed by atoms with Gasteiger partial charge in [-0.1, -0.05) is 140 Å². The van der Waals surface area contributed by atoms with Gasteiger partial charge in [0.1, 0.15) is 8.07 Å². The lowest BCUT2D eigenvalue weighted by molar-refractivity contribution is 1.30. The van der Waals surface area contributed by atoms with E-state index in [0.29, 0.717) is 0 Å². The Morgan fingerprint density at radius 1 is 0.411 bits per heavy atom. The first-order valence-electron chi connectivity index (χ1n) is 19.3. The average molecular weight is 766 g/mol. The molecule has 11 aromatic rings. The molecule has 0 unspecified atom stereocenters. The normalized spacial score (nSPS) is 13.3. The van der Waals surface area contributed by atoms with E-state index in [1.54, 1.807) is 0 Å². The minimum Gasteiger partial charge on any atom is -0.310 e. The lowest BCUT2D eigenvalue weighted by Gasteiger charge is -2.28. The highest BCUT2D eigenvalue weighted by Gasteiger charge is 2.37. The summed E-state index contributed by atoms with van der Waals surface area (Å²) in [6.45, 7) is 5.03. The molecule has 0 aliphatic carbocycles. The Morgan fingerprint density at radius 3 is 1.91 bits per heavy atom. The summed E-state index contributed by atoms with van der Waals surface area (Å²) in [6, 6.07) is 66.1. The molecule has 1 aliphatic rings. The van der Waals surface area contributed by atoms with E-state index >= 15 is 0 Å². The van der Waals surface area contributed by atoms with E-state index in [1.165, 1.54) is 106 Å². The quantitative estimate of drug-likeness (QED) is 0.161. The highest BCUT2D eigenvalue weighted by Crippen LogP contribution is 2.50. The van der Waals surface area contributed by atoms with E-state index < -0.39 is 8.07 Å². The molecule has 0 N–H and O–H groups in total. The van der Waals surface area contributed by atoms with Crippen LogP contribution >= 0.6 is 22.7 Å². The molecule has 2 aromatic heterocycles. The molecule has 0 radical (unpaired) electrons. The van der Waals surface area contributed by atoms with Gasteiger partial charge in [-0.25, -0.2) is 0 Å². The van der Waals surface area contributed by atoms with Crippen molar-refractivity contribution in [2.24, 2.45) is 0 Å². The van der Waals surface area contributed by atoms with Gasteiger partial charge >= 0.3 is 0 Å². The van der Waals surface area contributed by atoms with Crippen molar-refractivity contribution >= 4 is 120 Å².